The van der Waals surface area contributed by atoms with Crippen molar-refractivity contribution in [1.29, 1.82) is 0 Å². The Morgan fingerprint density at radius 1 is 1.05 bits per heavy atom. The van der Waals surface area contributed by atoms with Crippen molar-refractivity contribution in [2.75, 3.05) is 20.0 Å². The summed E-state index contributed by atoms with van der Waals surface area (Å²) >= 11 is 0. The van der Waals surface area contributed by atoms with Crippen molar-refractivity contribution in [1.82, 2.24) is 25.1 Å². The van der Waals surface area contributed by atoms with Crippen LogP contribution in [0.1, 0.15) is 49.8 Å². The van der Waals surface area contributed by atoms with Crippen molar-refractivity contribution in [2.24, 2.45) is 5.92 Å². The fraction of sp³-hybridized carbons (Fsp3) is 0.333. The number of Topliss-reactive ketones (excluding diaryl/α,β-unsaturated/α-hetero) is 1. The SMILES string of the molecule is COc1ccc(C(C)(C)c2nnc(C(=O)[C@H](NC(=O)Cn3c(-c4ccccc4)cnc(N)c3=O)C(C)C)o2)cc1OC. The van der Waals surface area contributed by atoms with Crippen LogP contribution < -0.4 is 26.1 Å². The zero-order valence-electron chi connectivity index (χ0n) is 24.4. The number of ether oxygens (including phenoxy) is 2. The second-order valence-corrected chi connectivity index (χ2v) is 10.5. The van der Waals surface area contributed by atoms with E-state index in [4.69, 9.17) is 19.6 Å². The third-order valence-corrected chi connectivity index (χ3v) is 6.99. The average Bonchev–Trinajstić information content (AvgIpc) is 3.49. The summed E-state index contributed by atoms with van der Waals surface area (Å²) in [5.41, 5.74) is 6.26. The van der Waals surface area contributed by atoms with E-state index in [0.29, 0.717) is 22.8 Å². The van der Waals surface area contributed by atoms with Crippen LogP contribution in [0.2, 0.25) is 0 Å². The molecule has 0 saturated heterocycles. The number of nitrogens with two attached hydrogens (primary N) is 1. The molecule has 12 nitrogen and oxygen atoms in total. The van der Waals surface area contributed by atoms with Gasteiger partial charge in [-0.1, -0.05) is 50.2 Å². The van der Waals surface area contributed by atoms with Crippen LogP contribution in [0.4, 0.5) is 5.82 Å². The Kier molecular flexibility index (Phi) is 8.74. The highest BCUT2D eigenvalue weighted by Crippen LogP contribution is 2.36. The number of amides is 1. The fourth-order valence-corrected chi connectivity index (χ4v) is 4.45. The predicted octanol–water partition coefficient (Wildman–Crippen LogP) is 3.24. The van der Waals surface area contributed by atoms with Crippen LogP contribution in [0.15, 0.2) is 63.9 Å². The molecule has 1 atom stereocenters. The molecule has 0 spiro atoms. The van der Waals surface area contributed by atoms with E-state index >= 15 is 0 Å². The molecule has 2 heterocycles. The molecule has 220 valence electrons. The minimum Gasteiger partial charge on any atom is -0.493 e. The van der Waals surface area contributed by atoms with Gasteiger partial charge in [0.15, 0.2) is 17.3 Å². The number of rotatable bonds is 11. The van der Waals surface area contributed by atoms with Gasteiger partial charge in [0, 0.05) is 0 Å². The van der Waals surface area contributed by atoms with Crippen molar-refractivity contribution in [3.05, 3.63) is 82.4 Å². The highest BCUT2D eigenvalue weighted by Gasteiger charge is 2.34. The molecule has 0 aliphatic carbocycles. The van der Waals surface area contributed by atoms with Gasteiger partial charge in [0.1, 0.15) is 6.54 Å². The maximum absolute atomic E-state index is 13.5. The van der Waals surface area contributed by atoms with Gasteiger partial charge in [-0.25, -0.2) is 4.98 Å². The molecule has 0 unspecified atom stereocenters. The number of nitrogens with zero attached hydrogens (tertiary/aromatic N) is 4. The molecular weight excluding hydrogens is 540 g/mol. The van der Waals surface area contributed by atoms with Crippen molar-refractivity contribution in [3.63, 3.8) is 0 Å². The summed E-state index contributed by atoms with van der Waals surface area (Å²) < 4.78 is 17.8. The number of ketones is 1. The molecule has 0 aliphatic rings. The lowest BCUT2D eigenvalue weighted by molar-refractivity contribution is -0.122. The Hall–Kier alpha value is -5.00. The van der Waals surface area contributed by atoms with Gasteiger partial charge in [0.05, 0.1) is 37.6 Å². The molecule has 12 heteroatoms. The largest absolute Gasteiger partial charge is 0.493 e. The molecule has 2 aromatic carbocycles. The molecule has 0 saturated carbocycles. The second-order valence-electron chi connectivity index (χ2n) is 10.5. The first-order chi connectivity index (χ1) is 20.0. The lowest BCUT2D eigenvalue weighted by Gasteiger charge is -2.22. The first-order valence-corrected chi connectivity index (χ1v) is 13.3. The normalized spacial score (nSPS) is 12.2. The minimum absolute atomic E-state index is 0.207. The maximum Gasteiger partial charge on any atom is 0.294 e. The van der Waals surface area contributed by atoms with Gasteiger partial charge >= 0.3 is 0 Å². The zero-order chi connectivity index (χ0) is 30.6. The number of methoxy groups -OCH3 is 2. The van der Waals surface area contributed by atoms with Crippen LogP contribution in [-0.4, -0.2) is 51.7 Å². The van der Waals surface area contributed by atoms with Gasteiger partial charge in [-0.15, -0.1) is 10.2 Å². The van der Waals surface area contributed by atoms with E-state index in [-0.39, 0.29) is 30.1 Å². The zero-order valence-corrected chi connectivity index (χ0v) is 24.4. The lowest BCUT2D eigenvalue weighted by atomic mass is 9.84. The van der Waals surface area contributed by atoms with E-state index in [1.165, 1.54) is 10.8 Å². The molecule has 0 fully saturated rings. The lowest BCUT2D eigenvalue weighted by Crippen LogP contribution is -2.46. The van der Waals surface area contributed by atoms with Crippen LogP contribution in [0.5, 0.6) is 11.5 Å². The molecular formula is C30H34N6O6. The summed E-state index contributed by atoms with van der Waals surface area (Å²) in [7, 11) is 3.09. The summed E-state index contributed by atoms with van der Waals surface area (Å²) in [4.78, 5) is 43.5. The van der Waals surface area contributed by atoms with E-state index in [0.717, 1.165) is 5.56 Å². The summed E-state index contributed by atoms with van der Waals surface area (Å²) in [5.74, 6) is -0.625. The monoisotopic (exact) mass is 574 g/mol. The van der Waals surface area contributed by atoms with E-state index in [9.17, 15) is 14.4 Å². The summed E-state index contributed by atoms with van der Waals surface area (Å²) in [6.45, 7) is 6.92. The number of anilines is 1. The minimum atomic E-state index is -0.995. The standard InChI is InChI=1S/C30H34N6O6/c1-17(2)24(33-23(37)16-36-20(15-32-26(31)28(36)39)18-10-8-7-9-11-18)25(38)27-34-35-29(42-27)30(3,4)19-12-13-21(40-5)22(14-19)41-6/h7-15,17,24H,16H2,1-6H3,(H2,31,32)(H,33,37)/t24-/m1/s1. The Balaban J connectivity index is 1.57. The third-order valence-electron chi connectivity index (χ3n) is 6.99. The molecule has 1 amide bonds. The molecule has 42 heavy (non-hydrogen) atoms. The second kappa shape index (κ2) is 12.2. The van der Waals surface area contributed by atoms with Crippen LogP contribution >= 0.6 is 0 Å². The van der Waals surface area contributed by atoms with Gasteiger partial charge in [0.25, 0.3) is 11.4 Å². The molecule has 2 aromatic heterocycles. The fourth-order valence-electron chi connectivity index (χ4n) is 4.45. The number of hydrogen-bond acceptors (Lipinski definition) is 10. The van der Waals surface area contributed by atoms with Crippen LogP contribution in [0, 0.1) is 5.92 Å². The van der Waals surface area contributed by atoms with Crippen LogP contribution in [0.3, 0.4) is 0 Å². The molecule has 0 radical (unpaired) electrons. The van der Waals surface area contributed by atoms with E-state index in [1.54, 1.807) is 64.5 Å². The number of hydrogen-bond donors (Lipinski definition) is 2. The van der Waals surface area contributed by atoms with Gasteiger partial charge in [-0.05, 0) is 43.0 Å². The highest BCUT2D eigenvalue weighted by molar-refractivity contribution is 5.98. The Labute approximate surface area is 242 Å². The van der Waals surface area contributed by atoms with Gasteiger partial charge in [-0.2, -0.15) is 0 Å². The Morgan fingerprint density at radius 3 is 2.38 bits per heavy atom. The van der Waals surface area contributed by atoms with Gasteiger partial charge in [-0.3, -0.25) is 19.0 Å². The Morgan fingerprint density at radius 2 is 1.74 bits per heavy atom. The van der Waals surface area contributed by atoms with Crippen LogP contribution in [-0.2, 0) is 16.8 Å². The topological polar surface area (TPSA) is 164 Å². The van der Waals surface area contributed by atoms with E-state index in [1.807, 2.05) is 26.0 Å². The highest BCUT2D eigenvalue weighted by atomic mass is 16.5. The maximum atomic E-state index is 13.5. The Bertz CT molecular complexity index is 1640. The first kappa shape index (κ1) is 30.0. The summed E-state index contributed by atoms with van der Waals surface area (Å²) in [6.07, 6.45) is 1.44. The van der Waals surface area contributed by atoms with Gasteiger partial charge in [0.2, 0.25) is 17.6 Å². The van der Waals surface area contributed by atoms with E-state index < -0.39 is 28.7 Å². The van der Waals surface area contributed by atoms with Crippen molar-refractivity contribution in [2.45, 2.75) is 45.7 Å². The number of carbonyl (C=O) groups excluding carboxylic acids is 2. The molecule has 0 aliphatic heterocycles. The number of benzene rings is 2. The molecule has 3 N–H and O–H groups in total. The first-order valence-electron chi connectivity index (χ1n) is 13.3. The molecule has 0 bridgehead atoms. The number of nitrogen functional groups attached to an aromatic ring is 1. The predicted molar refractivity (Wildman–Crippen MR) is 155 cm³/mol. The van der Waals surface area contributed by atoms with Crippen LogP contribution in [0.25, 0.3) is 11.3 Å². The quantitative estimate of drug-likeness (QED) is 0.254. The van der Waals surface area contributed by atoms with Crippen molar-refractivity contribution in [3.8, 4) is 22.8 Å². The third kappa shape index (κ3) is 6.02. The molecule has 4 aromatic rings. The van der Waals surface area contributed by atoms with Crippen molar-refractivity contribution < 1.29 is 23.5 Å². The van der Waals surface area contributed by atoms with E-state index in [2.05, 4.69) is 20.5 Å². The number of aromatic nitrogens is 4. The summed E-state index contributed by atoms with van der Waals surface area (Å²) in [5, 5.41) is 10.9. The smallest absolute Gasteiger partial charge is 0.294 e. The van der Waals surface area contributed by atoms with Gasteiger partial charge < -0.3 is 24.9 Å². The van der Waals surface area contributed by atoms with Crippen molar-refractivity contribution >= 4 is 17.5 Å². The number of carbonyl (C=O) groups is 2. The average molecular weight is 575 g/mol. The molecule has 4 rings (SSSR count). The number of nitrogens with one attached hydrogen (secondary N) is 1. The summed E-state index contributed by atoms with van der Waals surface area (Å²) in [6, 6.07) is 13.5.